The van der Waals surface area contributed by atoms with Crippen LogP contribution in [0.15, 0.2) is 0 Å². The third kappa shape index (κ3) is 7.39. The molecule has 29 heavy (non-hydrogen) atoms. The summed E-state index contributed by atoms with van der Waals surface area (Å²) in [5.74, 6) is -0.940. The smallest absolute Gasteiger partial charge is 0.249 e. The van der Waals surface area contributed by atoms with Crippen molar-refractivity contribution in [3.63, 3.8) is 0 Å². The van der Waals surface area contributed by atoms with Crippen LogP contribution in [0.5, 0.6) is 0 Å². The van der Waals surface area contributed by atoms with E-state index >= 15 is 0 Å². The Kier molecular flexibility index (Phi) is 10.9. The summed E-state index contributed by atoms with van der Waals surface area (Å²) in [6.07, 6.45) is -11.2. The molecule has 0 saturated carbocycles. The largest absolute Gasteiger partial charge is 0.394 e. The highest BCUT2D eigenvalue weighted by molar-refractivity contribution is 5.81. The summed E-state index contributed by atoms with van der Waals surface area (Å²) in [5, 5.41) is 70.9. The van der Waals surface area contributed by atoms with Crippen molar-refractivity contribution in [3.05, 3.63) is 6.92 Å². The molecule has 0 aromatic heterocycles. The van der Waals surface area contributed by atoms with Crippen molar-refractivity contribution in [1.82, 2.24) is 5.32 Å². The Morgan fingerprint density at radius 1 is 1.17 bits per heavy atom. The van der Waals surface area contributed by atoms with Gasteiger partial charge in [-0.25, -0.2) is 0 Å². The Morgan fingerprint density at radius 2 is 1.79 bits per heavy atom. The first kappa shape index (κ1) is 26.1. The van der Waals surface area contributed by atoms with E-state index in [4.69, 9.17) is 16.4 Å². The number of nitrogens with one attached hydrogen (secondary N) is 1. The molecule has 1 rings (SSSR count). The van der Waals surface area contributed by atoms with Crippen molar-refractivity contribution in [1.29, 1.82) is 0 Å². The van der Waals surface area contributed by atoms with E-state index in [1.807, 2.05) is 13.8 Å². The Hall–Kier alpha value is -0.890. The van der Waals surface area contributed by atoms with Crippen LogP contribution >= 0.6 is 0 Å². The van der Waals surface area contributed by atoms with Gasteiger partial charge in [-0.05, 0) is 12.3 Å². The Labute approximate surface area is 169 Å². The van der Waals surface area contributed by atoms with Gasteiger partial charge in [-0.1, -0.05) is 20.3 Å². The van der Waals surface area contributed by atoms with Gasteiger partial charge in [0.2, 0.25) is 5.91 Å². The van der Waals surface area contributed by atoms with Crippen molar-refractivity contribution in [2.75, 3.05) is 13.2 Å². The van der Waals surface area contributed by atoms with E-state index in [1.165, 1.54) is 0 Å². The maximum Gasteiger partial charge on any atom is 0.249 e. The summed E-state index contributed by atoms with van der Waals surface area (Å²) in [5.41, 5.74) is 0. The first-order valence-electron chi connectivity index (χ1n) is 9.55. The van der Waals surface area contributed by atoms with Gasteiger partial charge in [-0.2, -0.15) is 0 Å². The summed E-state index contributed by atoms with van der Waals surface area (Å²) < 4.78 is 10.5. The van der Waals surface area contributed by atoms with Crippen LogP contribution in [0.4, 0.5) is 0 Å². The number of carbonyl (C=O) groups is 1. The molecule has 0 aromatic carbocycles. The third-order valence-electron chi connectivity index (χ3n) is 5.03. The molecule has 2 radical (unpaired) electrons. The summed E-state index contributed by atoms with van der Waals surface area (Å²) in [6, 6.07) is -1.24. The summed E-state index contributed by atoms with van der Waals surface area (Å²) in [4.78, 5) is 11.7. The number of carbonyl (C=O) groups excluding carboxylic acids is 1. The van der Waals surface area contributed by atoms with Gasteiger partial charge >= 0.3 is 0 Å². The van der Waals surface area contributed by atoms with E-state index in [2.05, 4.69) is 5.32 Å². The maximum atomic E-state index is 11.7. The predicted octanol–water partition coefficient (Wildman–Crippen LogP) is -3.48. The molecule has 1 amide bonds. The molecule has 11 heteroatoms. The van der Waals surface area contributed by atoms with Gasteiger partial charge in [0.1, 0.15) is 36.6 Å². The van der Waals surface area contributed by atoms with Gasteiger partial charge in [0.15, 0.2) is 6.29 Å². The number of rotatable bonds is 11. The summed E-state index contributed by atoms with van der Waals surface area (Å²) >= 11 is 0. The molecule has 11 nitrogen and oxygen atoms in total. The Bertz CT molecular complexity index is 491. The van der Waals surface area contributed by atoms with Crippen LogP contribution in [-0.2, 0) is 14.3 Å². The number of ether oxygens (including phenoxy) is 2. The average molecular weight is 423 g/mol. The van der Waals surface area contributed by atoms with E-state index in [0.717, 1.165) is 6.42 Å². The predicted molar refractivity (Wildman–Crippen MR) is 98.0 cm³/mol. The van der Waals surface area contributed by atoms with E-state index in [0.29, 0.717) is 0 Å². The second-order valence-corrected chi connectivity index (χ2v) is 7.40. The molecular formula is C18H33NO10. The number of hydrogen-bond acceptors (Lipinski definition) is 10. The van der Waals surface area contributed by atoms with Gasteiger partial charge in [-0.15, -0.1) is 0 Å². The normalized spacial score (nSPS) is 32.8. The number of aliphatic hydroxyl groups is 7. The summed E-state index contributed by atoms with van der Waals surface area (Å²) in [6.45, 7) is 7.73. The zero-order chi connectivity index (χ0) is 22.3. The van der Waals surface area contributed by atoms with Crippen LogP contribution in [-0.4, -0.2) is 110 Å². The topological polar surface area (TPSA) is 189 Å². The maximum absolute atomic E-state index is 11.7. The first-order chi connectivity index (χ1) is 13.5. The zero-order valence-corrected chi connectivity index (χ0v) is 16.5. The fraction of sp³-hybridized carbons (Fsp3) is 0.889. The Balaban J connectivity index is 2.84. The SMILES string of the molecule is [CH][C@@H](O)C(=O)N[C@@H](CO[C@@H]1OC(CO)[C@H](O)[C@H](O)C1O)[C@H](O)[C@H](O)CC(C)CC. The fourth-order valence-electron chi connectivity index (χ4n) is 2.88. The second-order valence-electron chi connectivity index (χ2n) is 7.40. The second kappa shape index (κ2) is 12.1. The van der Waals surface area contributed by atoms with Crippen molar-refractivity contribution in [2.24, 2.45) is 5.92 Å². The minimum absolute atomic E-state index is 0.0856. The van der Waals surface area contributed by atoms with Crippen LogP contribution in [0.1, 0.15) is 26.7 Å². The average Bonchev–Trinajstić information content (AvgIpc) is 2.69. The lowest BCUT2D eigenvalue weighted by Crippen LogP contribution is -2.60. The fourth-order valence-corrected chi connectivity index (χ4v) is 2.88. The quantitative estimate of drug-likeness (QED) is 0.166. The highest BCUT2D eigenvalue weighted by atomic mass is 16.7. The molecule has 3 unspecified atom stereocenters. The molecular weight excluding hydrogens is 390 g/mol. The summed E-state index contributed by atoms with van der Waals surface area (Å²) in [7, 11) is 0. The van der Waals surface area contributed by atoms with Gasteiger partial charge < -0.3 is 50.5 Å². The number of hydrogen-bond donors (Lipinski definition) is 8. The Morgan fingerprint density at radius 3 is 2.31 bits per heavy atom. The molecule has 10 atom stereocenters. The molecule has 0 bridgehead atoms. The van der Waals surface area contributed by atoms with Crippen LogP contribution in [0.25, 0.3) is 0 Å². The lowest BCUT2D eigenvalue weighted by molar-refractivity contribution is -0.303. The molecule has 1 heterocycles. The van der Waals surface area contributed by atoms with Crippen LogP contribution in [0.3, 0.4) is 0 Å². The highest BCUT2D eigenvalue weighted by Gasteiger charge is 2.44. The van der Waals surface area contributed by atoms with Crippen molar-refractivity contribution >= 4 is 5.91 Å². The molecule has 1 saturated heterocycles. The molecule has 0 spiro atoms. The molecule has 1 fully saturated rings. The molecule has 0 aliphatic carbocycles. The van der Waals surface area contributed by atoms with Gasteiger partial charge in [0.25, 0.3) is 0 Å². The van der Waals surface area contributed by atoms with E-state index < -0.39 is 74.2 Å². The van der Waals surface area contributed by atoms with Crippen LogP contribution in [0.2, 0.25) is 0 Å². The first-order valence-corrected chi connectivity index (χ1v) is 9.55. The monoisotopic (exact) mass is 423 g/mol. The van der Waals surface area contributed by atoms with Crippen molar-refractivity contribution in [2.45, 2.75) is 81.7 Å². The van der Waals surface area contributed by atoms with Gasteiger partial charge in [0, 0.05) is 6.92 Å². The number of aliphatic hydroxyl groups excluding tert-OH is 7. The number of amides is 1. The third-order valence-corrected chi connectivity index (χ3v) is 5.03. The molecule has 170 valence electrons. The lowest BCUT2D eigenvalue weighted by atomic mass is 9.94. The van der Waals surface area contributed by atoms with Crippen molar-refractivity contribution < 1.29 is 50.0 Å². The van der Waals surface area contributed by atoms with E-state index in [-0.39, 0.29) is 12.3 Å². The van der Waals surface area contributed by atoms with Gasteiger partial charge in [-0.3, -0.25) is 4.79 Å². The molecule has 1 aliphatic heterocycles. The molecule has 0 aromatic rings. The molecule has 8 N–H and O–H groups in total. The minimum Gasteiger partial charge on any atom is -0.394 e. The van der Waals surface area contributed by atoms with Crippen LogP contribution < -0.4 is 5.32 Å². The standard InChI is InChI=1S/C18H33NO10/c1-4-8(2)5-11(22)13(23)10(19-17(27)9(3)21)7-28-18-16(26)15(25)14(24)12(6-20)29-18/h3,8-16,18,20-26H,4-7H2,1-2H3,(H,19,27)/t8?,9-,10+,11-,12?,13+,14+,15+,16?,18-/m1/s1. The lowest BCUT2D eigenvalue weighted by Gasteiger charge is -2.40. The van der Waals surface area contributed by atoms with Gasteiger partial charge in [0.05, 0.1) is 25.4 Å². The highest BCUT2D eigenvalue weighted by Crippen LogP contribution is 2.22. The minimum atomic E-state index is -1.87. The van der Waals surface area contributed by atoms with Crippen molar-refractivity contribution in [3.8, 4) is 0 Å². The van der Waals surface area contributed by atoms with E-state index in [9.17, 15) is 40.5 Å². The molecule has 1 aliphatic rings. The van der Waals surface area contributed by atoms with E-state index in [1.54, 1.807) is 0 Å². The zero-order valence-electron chi connectivity index (χ0n) is 16.5. The van der Waals surface area contributed by atoms with Crippen LogP contribution in [0, 0.1) is 12.8 Å².